The molecule has 168 valence electrons. The Balaban J connectivity index is 1.59. The van der Waals surface area contributed by atoms with E-state index in [1.807, 2.05) is 35.8 Å². The summed E-state index contributed by atoms with van der Waals surface area (Å²) in [7, 11) is 0. The van der Waals surface area contributed by atoms with E-state index in [-0.39, 0.29) is 23.9 Å². The minimum Gasteiger partial charge on any atom is -0.364 e. The third kappa shape index (κ3) is 4.30. The molecule has 6 heteroatoms. The van der Waals surface area contributed by atoms with Crippen LogP contribution < -0.4 is 10.2 Å². The molecule has 1 N–H and O–H groups in total. The largest absolute Gasteiger partial charge is 0.364 e. The van der Waals surface area contributed by atoms with Crippen molar-refractivity contribution in [2.45, 2.75) is 58.0 Å². The predicted molar refractivity (Wildman–Crippen MR) is 125 cm³/mol. The van der Waals surface area contributed by atoms with E-state index >= 15 is 0 Å². The number of benzene rings is 1. The summed E-state index contributed by atoms with van der Waals surface area (Å²) in [6, 6.07) is 6.66. The lowest BCUT2D eigenvalue weighted by Crippen LogP contribution is -2.52. The number of hydrogen-bond acceptors (Lipinski definition) is 3. The van der Waals surface area contributed by atoms with E-state index in [2.05, 4.69) is 35.9 Å². The number of piperidine rings is 2. The van der Waals surface area contributed by atoms with E-state index in [1.165, 1.54) is 11.3 Å². The number of nitrogens with one attached hydrogen (secondary N) is 1. The van der Waals surface area contributed by atoms with Crippen LogP contribution in [0.15, 0.2) is 30.9 Å². The molecule has 3 heterocycles. The smallest absolute Gasteiger partial charge is 0.317 e. The Morgan fingerprint density at radius 3 is 2.55 bits per heavy atom. The number of amides is 3. The first-order chi connectivity index (χ1) is 14.9. The fraction of sp³-hybridized carbons (Fsp3) is 0.600. The van der Waals surface area contributed by atoms with Crippen molar-refractivity contribution < 1.29 is 9.59 Å². The van der Waals surface area contributed by atoms with Crippen molar-refractivity contribution in [3.05, 3.63) is 42.0 Å². The monoisotopic (exact) mass is 424 g/mol. The molecule has 4 rings (SSSR count). The van der Waals surface area contributed by atoms with Gasteiger partial charge in [-0.1, -0.05) is 13.0 Å². The third-order valence-corrected chi connectivity index (χ3v) is 7.06. The maximum Gasteiger partial charge on any atom is 0.317 e. The number of carbonyl (C=O) groups excluding carboxylic acids is 2. The highest BCUT2D eigenvalue weighted by atomic mass is 16.2. The Morgan fingerprint density at radius 1 is 1.16 bits per heavy atom. The van der Waals surface area contributed by atoms with Gasteiger partial charge in [-0.25, -0.2) is 4.79 Å². The molecule has 6 nitrogen and oxygen atoms in total. The van der Waals surface area contributed by atoms with Crippen LogP contribution >= 0.6 is 0 Å². The van der Waals surface area contributed by atoms with Crippen molar-refractivity contribution in [2.75, 3.05) is 37.6 Å². The Hall–Kier alpha value is -2.50. The van der Waals surface area contributed by atoms with Crippen molar-refractivity contribution in [3.63, 3.8) is 0 Å². The summed E-state index contributed by atoms with van der Waals surface area (Å²) >= 11 is 0. The molecule has 1 aromatic rings. The Bertz CT molecular complexity index is 844. The molecule has 0 radical (unpaired) electrons. The highest BCUT2D eigenvalue weighted by Crippen LogP contribution is 2.45. The van der Waals surface area contributed by atoms with Crippen molar-refractivity contribution in [1.82, 2.24) is 15.1 Å². The van der Waals surface area contributed by atoms with Gasteiger partial charge in [-0.15, -0.1) is 6.58 Å². The molecule has 2 atom stereocenters. The standard InChI is InChI=1S/C25H36N4O2/c1-5-11-29-22-7-6-19(24(30)27-12-8-18(4)9-13-27)15-20(22)21-16-28(14-10-23(21)29)25(31)26-17(2)3/h5-7,15,17-18,21,23H,1,8-14,16H2,2-4H3,(H,26,31). The zero-order valence-electron chi connectivity index (χ0n) is 19.1. The maximum atomic E-state index is 13.2. The molecular weight excluding hydrogens is 388 g/mol. The molecule has 2 unspecified atom stereocenters. The Kier molecular flexibility index (Phi) is 6.26. The van der Waals surface area contributed by atoms with E-state index in [0.717, 1.165) is 51.0 Å². The zero-order valence-corrected chi connectivity index (χ0v) is 19.1. The first kappa shape index (κ1) is 21.7. The first-order valence-electron chi connectivity index (χ1n) is 11.7. The summed E-state index contributed by atoms with van der Waals surface area (Å²) in [5, 5.41) is 3.03. The molecule has 0 bridgehead atoms. The van der Waals surface area contributed by atoms with Crippen LogP contribution in [-0.2, 0) is 0 Å². The highest BCUT2D eigenvalue weighted by molar-refractivity contribution is 5.95. The maximum absolute atomic E-state index is 13.2. The summed E-state index contributed by atoms with van der Waals surface area (Å²) in [6.45, 7) is 14.1. The van der Waals surface area contributed by atoms with Crippen LogP contribution in [0.25, 0.3) is 0 Å². The molecule has 0 aliphatic carbocycles. The average molecular weight is 425 g/mol. The van der Waals surface area contributed by atoms with Gasteiger partial charge >= 0.3 is 6.03 Å². The minimum atomic E-state index is 0.00633. The number of fused-ring (bicyclic) bond motifs is 3. The van der Waals surface area contributed by atoms with Crippen molar-refractivity contribution >= 4 is 17.6 Å². The quantitative estimate of drug-likeness (QED) is 0.747. The molecule has 3 aliphatic heterocycles. The molecule has 2 fully saturated rings. The second-order valence-corrected chi connectivity index (χ2v) is 9.70. The molecule has 31 heavy (non-hydrogen) atoms. The van der Waals surface area contributed by atoms with Gasteiger partial charge in [0, 0.05) is 62.0 Å². The molecule has 3 amide bonds. The van der Waals surface area contributed by atoms with Gasteiger partial charge in [0.2, 0.25) is 0 Å². The highest BCUT2D eigenvalue weighted by Gasteiger charge is 2.43. The third-order valence-electron chi connectivity index (χ3n) is 7.06. The lowest BCUT2D eigenvalue weighted by Gasteiger charge is -2.39. The topological polar surface area (TPSA) is 55.9 Å². The van der Waals surface area contributed by atoms with Crippen LogP contribution in [0.5, 0.6) is 0 Å². The Labute approximate surface area is 186 Å². The van der Waals surface area contributed by atoms with Crippen LogP contribution in [-0.4, -0.2) is 66.5 Å². The van der Waals surface area contributed by atoms with Gasteiger partial charge in [0.15, 0.2) is 0 Å². The molecular formula is C25H36N4O2. The number of likely N-dealkylation sites (tertiary alicyclic amines) is 2. The lowest BCUT2D eigenvalue weighted by molar-refractivity contribution is 0.0697. The number of hydrogen-bond donors (Lipinski definition) is 1. The van der Waals surface area contributed by atoms with Crippen LogP contribution in [0.4, 0.5) is 10.5 Å². The summed E-state index contributed by atoms with van der Waals surface area (Å²) in [5.74, 6) is 1.05. The number of anilines is 1. The summed E-state index contributed by atoms with van der Waals surface area (Å²) in [5.41, 5.74) is 3.16. The van der Waals surface area contributed by atoms with Crippen molar-refractivity contribution in [3.8, 4) is 0 Å². The van der Waals surface area contributed by atoms with Crippen LogP contribution in [0.2, 0.25) is 0 Å². The zero-order chi connectivity index (χ0) is 22.1. The molecule has 2 saturated heterocycles. The molecule has 3 aliphatic rings. The second kappa shape index (κ2) is 8.93. The SMILES string of the molecule is C=CCN1c2ccc(C(=O)N3CCC(C)CC3)cc2C2CN(C(=O)NC(C)C)CCC21. The van der Waals surface area contributed by atoms with E-state index < -0.39 is 0 Å². The van der Waals surface area contributed by atoms with Crippen molar-refractivity contribution in [2.24, 2.45) is 5.92 Å². The van der Waals surface area contributed by atoms with Gasteiger partial charge in [-0.3, -0.25) is 4.79 Å². The summed E-state index contributed by atoms with van der Waals surface area (Å²) in [6.07, 6.45) is 5.02. The van der Waals surface area contributed by atoms with Gasteiger partial charge in [0.1, 0.15) is 0 Å². The fourth-order valence-corrected chi connectivity index (χ4v) is 5.33. The molecule has 1 aromatic carbocycles. The molecule has 0 saturated carbocycles. The summed E-state index contributed by atoms with van der Waals surface area (Å²) in [4.78, 5) is 32.2. The number of rotatable bonds is 4. The van der Waals surface area contributed by atoms with Crippen LogP contribution in [0, 0.1) is 5.92 Å². The van der Waals surface area contributed by atoms with Gasteiger partial charge < -0.3 is 20.0 Å². The molecule has 0 spiro atoms. The number of carbonyl (C=O) groups is 2. The van der Waals surface area contributed by atoms with E-state index in [4.69, 9.17) is 0 Å². The van der Waals surface area contributed by atoms with Crippen molar-refractivity contribution in [1.29, 1.82) is 0 Å². The normalized spacial score (nSPS) is 23.5. The van der Waals surface area contributed by atoms with Gasteiger partial charge in [0.05, 0.1) is 0 Å². The van der Waals surface area contributed by atoms with E-state index in [1.54, 1.807) is 0 Å². The Morgan fingerprint density at radius 2 is 1.87 bits per heavy atom. The van der Waals surface area contributed by atoms with Gasteiger partial charge in [0.25, 0.3) is 5.91 Å². The summed E-state index contributed by atoms with van der Waals surface area (Å²) < 4.78 is 0. The van der Waals surface area contributed by atoms with Crippen LogP contribution in [0.3, 0.4) is 0 Å². The fourth-order valence-electron chi connectivity index (χ4n) is 5.33. The number of urea groups is 1. The molecule has 0 aromatic heterocycles. The first-order valence-corrected chi connectivity index (χ1v) is 11.7. The van der Waals surface area contributed by atoms with E-state index in [0.29, 0.717) is 18.5 Å². The minimum absolute atomic E-state index is 0.00633. The number of nitrogens with zero attached hydrogens (tertiary/aromatic N) is 3. The van der Waals surface area contributed by atoms with Gasteiger partial charge in [-0.2, -0.15) is 0 Å². The lowest BCUT2D eigenvalue weighted by atomic mass is 9.88. The average Bonchev–Trinajstić information content (AvgIpc) is 3.06. The second-order valence-electron chi connectivity index (χ2n) is 9.70. The van der Waals surface area contributed by atoms with Crippen LogP contribution in [0.1, 0.15) is 61.9 Å². The van der Waals surface area contributed by atoms with E-state index in [9.17, 15) is 9.59 Å². The van der Waals surface area contributed by atoms with Gasteiger partial charge in [-0.05, 0) is 62.8 Å². The predicted octanol–water partition coefficient (Wildman–Crippen LogP) is 3.84.